The molecule has 1 aliphatic rings. The van der Waals surface area contributed by atoms with E-state index in [-0.39, 0.29) is 17.9 Å². The van der Waals surface area contributed by atoms with Gasteiger partial charge < -0.3 is 0 Å². The summed E-state index contributed by atoms with van der Waals surface area (Å²) in [7, 11) is 0. The van der Waals surface area contributed by atoms with Crippen LogP contribution in [0.2, 0.25) is 0 Å². The highest BCUT2D eigenvalue weighted by molar-refractivity contribution is 6.01. The number of carbonyl (C=O) groups is 2. The number of carbonyl (C=O) groups excluding carboxylic acids is 2. The van der Waals surface area contributed by atoms with Crippen molar-refractivity contribution in [3.8, 4) is 6.07 Å². The third-order valence-corrected chi connectivity index (χ3v) is 3.32. The third-order valence-electron chi connectivity index (χ3n) is 3.32. The van der Waals surface area contributed by atoms with Crippen LogP contribution >= 0.6 is 0 Å². The predicted molar refractivity (Wildman–Crippen MR) is 72.1 cm³/mol. The van der Waals surface area contributed by atoms with Gasteiger partial charge in [-0.05, 0) is 40.0 Å². The molecule has 1 atom stereocenters. The Bertz CT molecular complexity index is 371. The zero-order valence-electron chi connectivity index (χ0n) is 12.0. The molecule has 1 heterocycles. The third kappa shape index (κ3) is 4.64. The lowest BCUT2D eigenvalue weighted by Crippen LogP contribution is -2.45. The van der Waals surface area contributed by atoms with Crippen LogP contribution in [0, 0.1) is 11.3 Å². The van der Waals surface area contributed by atoms with Crippen molar-refractivity contribution in [3.05, 3.63) is 0 Å². The van der Waals surface area contributed by atoms with Crippen LogP contribution in [0.3, 0.4) is 0 Å². The van der Waals surface area contributed by atoms with Crippen LogP contribution in [0.4, 0.5) is 0 Å². The highest BCUT2D eigenvalue weighted by atomic mass is 16.2. The number of amides is 2. The summed E-state index contributed by atoms with van der Waals surface area (Å²) in [6.45, 7) is 6.40. The quantitative estimate of drug-likeness (QED) is 0.560. The standard InChI is InChI=1S/C14H23N3O2/c1-11(2)16-14(3,10-15)8-4-5-9-17-12(18)6-7-13(17)19/h11,16H,4-9H2,1-3H3. The topological polar surface area (TPSA) is 73.2 Å². The van der Waals surface area contributed by atoms with Crippen LogP contribution in [-0.2, 0) is 9.59 Å². The van der Waals surface area contributed by atoms with E-state index in [0.717, 1.165) is 19.3 Å². The minimum absolute atomic E-state index is 0.0617. The minimum atomic E-state index is -0.535. The molecule has 19 heavy (non-hydrogen) atoms. The van der Waals surface area contributed by atoms with Gasteiger partial charge in [-0.15, -0.1) is 0 Å². The van der Waals surface area contributed by atoms with Crippen LogP contribution in [0.25, 0.3) is 0 Å². The zero-order valence-corrected chi connectivity index (χ0v) is 12.0. The van der Waals surface area contributed by atoms with Crippen molar-refractivity contribution in [2.75, 3.05) is 6.54 Å². The Labute approximate surface area is 115 Å². The van der Waals surface area contributed by atoms with E-state index < -0.39 is 5.54 Å². The van der Waals surface area contributed by atoms with E-state index in [9.17, 15) is 14.9 Å². The molecule has 0 radical (unpaired) electrons. The van der Waals surface area contributed by atoms with Crippen LogP contribution in [0.1, 0.15) is 52.9 Å². The van der Waals surface area contributed by atoms with Gasteiger partial charge in [0.05, 0.1) is 6.07 Å². The normalized spacial score (nSPS) is 18.8. The van der Waals surface area contributed by atoms with Gasteiger partial charge >= 0.3 is 0 Å². The van der Waals surface area contributed by atoms with Gasteiger partial charge in [-0.25, -0.2) is 0 Å². The Balaban J connectivity index is 2.32. The smallest absolute Gasteiger partial charge is 0.229 e. The van der Waals surface area contributed by atoms with Crippen LogP contribution < -0.4 is 5.32 Å². The molecule has 2 amide bonds. The highest BCUT2D eigenvalue weighted by Gasteiger charge is 2.28. The molecule has 0 aliphatic carbocycles. The molecule has 0 aromatic rings. The molecule has 0 saturated carbocycles. The SMILES string of the molecule is CC(C)NC(C)(C#N)CCCCN1C(=O)CCC1=O. The van der Waals surface area contributed by atoms with E-state index in [1.807, 2.05) is 20.8 Å². The lowest BCUT2D eigenvalue weighted by molar-refractivity contribution is -0.138. The number of imide groups is 1. The second kappa shape index (κ2) is 6.67. The van der Waals surface area contributed by atoms with Crippen molar-refractivity contribution in [3.63, 3.8) is 0 Å². The molecular formula is C14H23N3O2. The van der Waals surface area contributed by atoms with Gasteiger partial charge in [0.15, 0.2) is 0 Å². The first kappa shape index (κ1) is 15.6. The molecule has 0 bridgehead atoms. The molecule has 1 unspecified atom stereocenters. The summed E-state index contributed by atoms with van der Waals surface area (Å²) >= 11 is 0. The number of likely N-dealkylation sites (tertiary alicyclic amines) is 1. The molecule has 1 aliphatic heterocycles. The number of nitriles is 1. The number of nitrogens with zero attached hydrogens (tertiary/aromatic N) is 2. The van der Waals surface area contributed by atoms with Gasteiger partial charge in [0.2, 0.25) is 11.8 Å². The van der Waals surface area contributed by atoms with Gasteiger partial charge in [0.25, 0.3) is 0 Å². The second-order valence-electron chi connectivity index (χ2n) is 5.64. The van der Waals surface area contributed by atoms with Crippen molar-refractivity contribution in [2.45, 2.75) is 64.5 Å². The highest BCUT2D eigenvalue weighted by Crippen LogP contribution is 2.16. The maximum atomic E-state index is 11.4. The molecule has 0 aromatic carbocycles. The molecule has 1 saturated heterocycles. The summed E-state index contributed by atoms with van der Waals surface area (Å²) in [5.41, 5.74) is -0.535. The molecule has 1 fully saturated rings. The number of hydrogen-bond donors (Lipinski definition) is 1. The number of rotatable bonds is 7. The fourth-order valence-electron chi connectivity index (χ4n) is 2.42. The fourth-order valence-corrected chi connectivity index (χ4v) is 2.42. The Morgan fingerprint density at radius 1 is 1.32 bits per heavy atom. The summed E-state index contributed by atoms with van der Waals surface area (Å²) in [5, 5.41) is 12.4. The van der Waals surface area contributed by atoms with E-state index in [1.54, 1.807) is 0 Å². The summed E-state index contributed by atoms with van der Waals surface area (Å²) in [6.07, 6.45) is 3.00. The van der Waals surface area contributed by atoms with E-state index in [1.165, 1.54) is 4.90 Å². The Morgan fingerprint density at radius 3 is 2.37 bits per heavy atom. The maximum Gasteiger partial charge on any atom is 0.229 e. The summed E-state index contributed by atoms with van der Waals surface area (Å²) in [6, 6.07) is 2.55. The minimum Gasteiger partial charge on any atom is -0.297 e. The summed E-state index contributed by atoms with van der Waals surface area (Å²) < 4.78 is 0. The van der Waals surface area contributed by atoms with E-state index in [4.69, 9.17) is 0 Å². The predicted octanol–water partition coefficient (Wildman–Crippen LogP) is 1.59. The van der Waals surface area contributed by atoms with E-state index in [0.29, 0.717) is 19.4 Å². The van der Waals surface area contributed by atoms with Gasteiger partial charge in [-0.2, -0.15) is 5.26 Å². The van der Waals surface area contributed by atoms with Crippen molar-refractivity contribution in [2.24, 2.45) is 0 Å². The molecule has 106 valence electrons. The molecule has 1 N–H and O–H groups in total. The van der Waals surface area contributed by atoms with Gasteiger partial charge in [0, 0.05) is 25.4 Å². The number of unbranched alkanes of at least 4 members (excludes halogenated alkanes) is 1. The molecule has 1 rings (SSSR count). The van der Waals surface area contributed by atoms with Crippen LogP contribution in [-0.4, -0.2) is 34.8 Å². The average molecular weight is 265 g/mol. The van der Waals surface area contributed by atoms with Crippen molar-refractivity contribution in [1.82, 2.24) is 10.2 Å². The van der Waals surface area contributed by atoms with E-state index in [2.05, 4.69) is 11.4 Å². The summed E-state index contributed by atoms with van der Waals surface area (Å²) in [4.78, 5) is 24.2. The first-order chi connectivity index (χ1) is 8.88. The Hall–Kier alpha value is -1.41. The van der Waals surface area contributed by atoms with Crippen molar-refractivity contribution in [1.29, 1.82) is 5.26 Å². The second-order valence-corrected chi connectivity index (χ2v) is 5.64. The van der Waals surface area contributed by atoms with E-state index >= 15 is 0 Å². The molecule has 0 spiro atoms. The first-order valence-corrected chi connectivity index (χ1v) is 6.90. The Morgan fingerprint density at radius 2 is 1.89 bits per heavy atom. The van der Waals surface area contributed by atoms with Crippen molar-refractivity contribution >= 4 is 11.8 Å². The largest absolute Gasteiger partial charge is 0.297 e. The lowest BCUT2D eigenvalue weighted by Gasteiger charge is -2.26. The average Bonchev–Trinajstić information content (AvgIpc) is 2.64. The molecule has 5 heteroatoms. The molecule has 0 aromatic heterocycles. The van der Waals surface area contributed by atoms with Crippen LogP contribution in [0.15, 0.2) is 0 Å². The zero-order chi connectivity index (χ0) is 14.5. The monoisotopic (exact) mass is 265 g/mol. The first-order valence-electron chi connectivity index (χ1n) is 6.90. The van der Waals surface area contributed by atoms with Crippen LogP contribution in [0.5, 0.6) is 0 Å². The summed E-state index contributed by atoms with van der Waals surface area (Å²) in [5.74, 6) is -0.123. The number of hydrogen-bond acceptors (Lipinski definition) is 4. The van der Waals surface area contributed by atoms with Gasteiger partial charge in [-0.1, -0.05) is 0 Å². The Kier molecular flexibility index (Phi) is 5.49. The lowest BCUT2D eigenvalue weighted by atomic mass is 9.95. The van der Waals surface area contributed by atoms with Gasteiger partial charge in [-0.3, -0.25) is 19.8 Å². The maximum absolute atomic E-state index is 11.4. The van der Waals surface area contributed by atoms with Crippen molar-refractivity contribution < 1.29 is 9.59 Å². The fraction of sp³-hybridized carbons (Fsp3) is 0.786. The van der Waals surface area contributed by atoms with Gasteiger partial charge in [0.1, 0.15) is 5.54 Å². The molecular weight excluding hydrogens is 242 g/mol. The number of nitrogens with one attached hydrogen (secondary N) is 1. The molecule has 5 nitrogen and oxygen atoms in total.